The summed E-state index contributed by atoms with van der Waals surface area (Å²) in [6.45, 7) is 2.11. The second-order valence-electron chi connectivity index (χ2n) is 7.20. The van der Waals surface area contributed by atoms with Crippen LogP contribution in [0.4, 0.5) is 10.8 Å². The average Bonchev–Trinajstić information content (AvgIpc) is 3.34. The zero-order chi connectivity index (χ0) is 21.5. The van der Waals surface area contributed by atoms with E-state index in [-0.39, 0.29) is 18.1 Å². The van der Waals surface area contributed by atoms with Crippen molar-refractivity contribution in [3.8, 4) is 0 Å². The first-order valence-electron chi connectivity index (χ1n) is 9.66. The molecule has 0 atom stereocenters. The van der Waals surface area contributed by atoms with Gasteiger partial charge in [0, 0.05) is 38.3 Å². The molecule has 0 radical (unpaired) electrons. The summed E-state index contributed by atoms with van der Waals surface area (Å²) in [7, 11) is 0. The Bertz CT molecular complexity index is 1370. The lowest BCUT2D eigenvalue weighted by molar-refractivity contribution is -0.384. The van der Waals surface area contributed by atoms with Gasteiger partial charge in [-0.2, -0.15) is 0 Å². The van der Waals surface area contributed by atoms with Crippen molar-refractivity contribution in [2.24, 2.45) is 0 Å². The summed E-state index contributed by atoms with van der Waals surface area (Å²) in [5.74, 6) is -0.690. The van der Waals surface area contributed by atoms with Gasteiger partial charge in [-0.3, -0.25) is 19.5 Å². The minimum absolute atomic E-state index is 0.0418. The van der Waals surface area contributed by atoms with Crippen molar-refractivity contribution in [3.05, 3.63) is 63.1 Å². The van der Waals surface area contributed by atoms with E-state index in [2.05, 4.69) is 9.88 Å². The van der Waals surface area contributed by atoms with Crippen LogP contribution in [0.3, 0.4) is 0 Å². The highest BCUT2D eigenvalue weighted by Gasteiger charge is 2.24. The van der Waals surface area contributed by atoms with Gasteiger partial charge in [-0.05, 0) is 18.2 Å². The number of anilines is 1. The number of benzene rings is 2. The number of nitro groups is 1. The number of hydrogen-bond acceptors (Lipinski definition) is 8. The van der Waals surface area contributed by atoms with Crippen LogP contribution in [-0.2, 0) is 11.3 Å². The van der Waals surface area contributed by atoms with E-state index in [1.54, 1.807) is 35.2 Å². The van der Waals surface area contributed by atoms with Crippen LogP contribution >= 0.6 is 11.3 Å². The van der Waals surface area contributed by atoms with E-state index in [9.17, 15) is 19.7 Å². The fourth-order valence-corrected chi connectivity index (χ4v) is 4.75. The fourth-order valence-electron chi connectivity index (χ4n) is 3.70. The number of nitro benzene ring substituents is 1. The Balaban J connectivity index is 1.27. The second-order valence-corrected chi connectivity index (χ2v) is 8.20. The Morgan fingerprint density at radius 2 is 1.94 bits per heavy atom. The first-order chi connectivity index (χ1) is 15.0. The number of hydrogen-bond donors (Lipinski definition) is 0. The molecule has 1 saturated heterocycles. The minimum atomic E-state index is -0.545. The van der Waals surface area contributed by atoms with Gasteiger partial charge in [0.2, 0.25) is 5.91 Å². The number of amides is 1. The number of piperazine rings is 1. The first kappa shape index (κ1) is 19.2. The lowest BCUT2D eigenvalue weighted by atomic mass is 10.3. The average molecular weight is 439 g/mol. The van der Waals surface area contributed by atoms with Crippen LogP contribution < -0.4 is 10.7 Å². The predicted octanol–water partition coefficient (Wildman–Crippen LogP) is 2.46. The molecule has 3 heterocycles. The highest BCUT2D eigenvalue weighted by Crippen LogP contribution is 2.31. The van der Waals surface area contributed by atoms with Crippen molar-refractivity contribution in [2.75, 3.05) is 31.1 Å². The van der Waals surface area contributed by atoms with Gasteiger partial charge >= 0.3 is 5.76 Å². The van der Waals surface area contributed by atoms with Crippen LogP contribution in [0.1, 0.15) is 0 Å². The Labute approximate surface area is 179 Å². The van der Waals surface area contributed by atoms with Gasteiger partial charge in [0.15, 0.2) is 10.7 Å². The largest absolute Gasteiger partial charge is 0.420 e. The van der Waals surface area contributed by atoms with Crippen LogP contribution in [0.5, 0.6) is 0 Å². The predicted molar refractivity (Wildman–Crippen MR) is 116 cm³/mol. The minimum Gasteiger partial charge on any atom is -0.408 e. The van der Waals surface area contributed by atoms with Gasteiger partial charge in [-0.25, -0.2) is 9.78 Å². The Kier molecular flexibility index (Phi) is 4.66. The molecule has 1 fully saturated rings. The second kappa shape index (κ2) is 7.51. The molecule has 10 nitrogen and oxygen atoms in total. The number of carbonyl (C=O) groups is 1. The molecular formula is C20H17N5O5S. The molecule has 31 heavy (non-hydrogen) atoms. The summed E-state index contributed by atoms with van der Waals surface area (Å²) in [6.07, 6.45) is 0. The van der Waals surface area contributed by atoms with Crippen LogP contribution in [0.2, 0.25) is 0 Å². The molecule has 0 spiro atoms. The first-order valence-corrected chi connectivity index (χ1v) is 10.5. The molecule has 1 amide bonds. The molecule has 0 bridgehead atoms. The van der Waals surface area contributed by atoms with Crippen molar-refractivity contribution in [2.45, 2.75) is 6.54 Å². The summed E-state index contributed by atoms with van der Waals surface area (Å²) in [5.41, 5.74) is 1.82. The van der Waals surface area contributed by atoms with Gasteiger partial charge in [0.05, 0.1) is 20.7 Å². The number of aromatic nitrogens is 2. The maximum atomic E-state index is 12.8. The smallest absolute Gasteiger partial charge is 0.408 e. The maximum Gasteiger partial charge on any atom is 0.420 e. The number of non-ortho nitro benzene ring substituents is 1. The van der Waals surface area contributed by atoms with E-state index in [1.807, 2.05) is 0 Å². The zero-order valence-electron chi connectivity index (χ0n) is 16.3. The molecule has 2 aromatic heterocycles. The lowest BCUT2D eigenvalue weighted by Crippen LogP contribution is -2.50. The lowest BCUT2D eigenvalue weighted by Gasteiger charge is -2.34. The monoisotopic (exact) mass is 439 g/mol. The van der Waals surface area contributed by atoms with Crippen LogP contribution in [-0.4, -0.2) is 51.5 Å². The number of carbonyl (C=O) groups excluding carboxylic acids is 1. The Morgan fingerprint density at radius 3 is 2.71 bits per heavy atom. The number of thiazole rings is 1. The van der Waals surface area contributed by atoms with Gasteiger partial charge < -0.3 is 14.2 Å². The summed E-state index contributed by atoms with van der Waals surface area (Å²) < 4.78 is 7.30. The highest BCUT2D eigenvalue weighted by molar-refractivity contribution is 7.22. The molecule has 5 rings (SSSR count). The molecule has 2 aromatic carbocycles. The van der Waals surface area contributed by atoms with Crippen molar-refractivity contribution >= 4 is 49.4 Å². The number of nitrogens with zero attached hydrogens (tertiary/aromatic N) is 5. The summed E-state index contributed by atoms with van der Waals surface area (Å²) in [5, 5.41) is 11.8. The number of rotatable bonds is 4. The number of para-hydroxylation sites is 2. The van der Waals surface area contributed by atoms with E-state index < -0.39 is 10.7 Å². The third kappa shape index (κ3) is 3.52. The van der Waals surface area contributed by atoms with Crippen LogP contribution in [0, 0.1) is 10.1 Å². The van der Waals surface area contributed by atoms with Crippen molar-refractivity contribution in [3.63, 3.8) is 0 Å². The fraction of sp³-hybridized carbons (Fsp3) is 0.250. The molecule has 0 saturated carbocycles. The SMILES string of the molecule is O=C(Cn1c(=O)oc2ccccc21)N1CCN(c2nc3ccc([N+](=O)[O-])cc3s2)CC1. The maximum absolute atomic E-state index is 12.8. The van der Waals surface area contributed by atoms with Gasteiger partial charge in [0.1, 0.15) is 6.54 Å². The van der Waals surface area contributed by atoms with Crippen LogP contribution in [0.15, 0.2) is 51.7 Å². The Hall–Kier alpha value is -3.73. The van der Waals surface area contributed by atoms with E-state index in [1.165, 1.54) is 28.0 Å². The van der Waals surface area contributed by atoms with E-state index in [0.29, 0.717) is 37.3 Å². The standard InChI is InChI=1S/C20H17N5O5S/c26-18(12-24-15-3-1-2-4-16(15)30-20(24)27)22-7-9-23(10-8-22)19-21-14-6-5-13(25(28)29)11-17(14)31-19/h1-6,11H,7-10,12H2. The molecule has 11 heteroatoms. The quantitative estimate of drug-likeness (QED) is 0.354. The number of fused-ring (bicyclic) bond motifs is 2. The van der Waals surface area contributed by atoms with Crippen molar-refractivity contribution in [1.82, 2.24) is 14.5 Å². The zero-order valence-corrected chi connectivity index (χ0v) is 17.1. The molecule has 0 aliphatic carbocycles. The molecule has 158 valence electrons. The van der Waals surface area contributed by atoms with E-state index in [0.717, 1.165) is 15.3 Å². The highest BCUT2D eigenvalue weighted by atomic mass is 32.1. The van der Waals surface area contributed by atoms with E-state index in [4.69, 9.17) is 4.42 Å². The molecule has 4 aromatic rings. The van der Waals surface area contributed by atoms with Gasteiger partial charge in [-0.1, -0.05) is 23.5 Å². The van der Waals surface area contributed by atoms with E-state index >= 15 is 0 Å². The molecule has 1 aliphatic rings. The van der Waals surface area contributed by atoms with Crippen molar-refractivity contribution in [1.29, 1.82) is 0 Å². The molecule has 0 unspecified atom stereocenters. The van der Waals surface area contributed by atoms with Gasteiger partial charge in [0.25, 0.3) is 5.69 Å². The summed E-state index contributed by atoms with van der Waals surface area (Å²) in [4.78, 5) is 43.8. The summed E-state index contributed by atoms with van der Waals surface area (Å²) >= 11 is 1.40. The van der Waals surface area contributed by atoms with Gasteiger partial charge in [-0.15, -0.1) is 0 Å². The number of oxazole rings is 1. The van der Waals surface area contributed by atoms with Crippen LogP contribution in [0.25, 0.3) is 21.3 Å². The molecular weight excluding hydrogens is 422 g/mol. The topological polar surface area (TPSA) is 115 Å². The normalized spacial score (nSPS) is 14.5. The van der Waals surface area contributed by atoms with Crippen molar-refractivity contribution < 1.29 is 14.1 Å². The molecule has 1 aliphatic heterocycles. The molecule has 0 N–H and O–H groups in total. The third-order valence-electron chi connectivity index (χ3n) is 5.34. The Morgan fingerprint density at radius 1 is 1.16 bits per heavy atom. The third-order valence-corrected chi connectivity index (χ3v) is 6.42. The summed E-state index contributed by atoms with van der Waals surface area (Å²) in [6, 6.07) is 11.7.